The molecular weight excluding hydrogens is 458 g/mol. The number of rotatable bonds is 5. The Hall–Kier alpha value is -4.22. The van der Waals surface area contributed by atoms with Crippen molar-refractivity contribution in [2.45, 2.75) is 11.7 Å². The number of benzene rings is 2. The zero-order valence-corrected chi connectivity index (χ0v) is 17.5. The molecule has 4 amide bonds. The highest BCUT2D eigenvalue weighted by atomic mass is 19.4. The Balaban J connectivity index is 1.66. The number of halogens is 4. The monoisotopic (exact) mass is 475 g/mol. The number of carbonyl (C=O) groups excluding carboxylic acids is 3. The molecule has 0 saturated carbocycles. The normalized spacial score (nSPS) is 17.9. The Labute approximate surface area is 189 Å². The minimum absolute atomic E-state index is 0.0562. The molecule has 12 heteroatoms. The van der Waals surface area contributed by atoms with Crippen molar-refractivity contribution in [3.05, 3.63) is 77.4 Å². The van der Waals surface area contributed by atoms with E-state index in [-0.39, 0.29) is 16.8 Å². The maximum Gasteiger partial charge on any atom is 0.416 e. The van der Waals surface area contributed by atoms with Crippen LogP contribution in [0.4, 0.5) is 22.4 Å². The highest BCUT2D eigenvalue weighted by Crippen LogP contribution is 2.32. The van der Waals surface area contributed by atoms with Crippen LogP contribution in [0.3, 0.4) is 0 Å². The lowest BCUT2D eigenvalue weighted by molar-refractivity contribution is -0.137. The number of imide groups is 1. The molecule has 1 aliphatic heterocycles. The largest absolute Gasteiger partial charge is 0.416 e. The van der Waals surface area contributed by atoms with Crippen molar-refractivity contribution in [3.8, 4) is 11.1 Å². The summed E-state index contributed by atoms with van der Waals surface area (Å²) in [6, 6.07) is 8.37. The minimum Gasteiger partial charge on any atom is -0.349 e. The van der Waals surface area contributed by atoms with E-state index in [1.54, 1.807) is 0 Å². The van der Waals surface area contributed by atoms with E-state index in [9.17, 15) is 31.9 Å². The first-order valence-corrected chi connectivity index (χ1v) is 9.89. The van der Waals surface area contributed by atoms with E-state index in [1.165, 1.54) is 36.1 Å². The molecule has 0 bridgehead atoms. The summed E-state index contributed by atoms with van der Waals surface area (Å²) in [6.07, 6.45) is -3.15. The Bertz CT molecular complexity index is 1290. The summed E-state index contributed by atoms with van der Waals surface area (Å²) in [5, 5.41) is 11.0. The Kier molecular flexibility index (Phi) is 5.59. The lowest BCUT2D eigenvalue weighted by atomic mass is 9.94. The van der Waals surface area contributed by atoms with Crippen molar-refractivity contribution in [1.82, 2.24) is 25.7 Å². The van der Waals surface area contributed by atoms with Crippen molar-refractivity contribution >= 4 is 17.8 Å². The first-order valence-electron chi connectivity index (χ1n) is 9.89. The van der Waals surface area contributed by atoms with E-state index in [4.69, 9.17) is 0 Å². The summed E-state index contributed by atoms with van der Waals surface area (Å²) in [5.41, 5.74) is -2.50. The van der Waals surface area contributed by atoms with Gasteiger partial charge >= 0.3 is 12.2 Å². The second-order valence-electron chi connectivity index (χ2n) is 7.57. The number of aryl methyl sites for hydroxylation is 1. The highest BCUT2D eigenvalue weighted by Gasteiger charge is 2.50. The molecule has 1 saturated heterocycles. The van der Waals surface area contributed by atoms with Gasteiger partial charge in [0, 0.05) is 13.2 Å². The standard InChI is InChI=1S/C22H17F4N5O3/c1-31-16(9-10-28-31)21(19(33)29-20(34)30-21)11-27-18(32)17-14(3-2-4-15(17)23)12-5-7-13(8-6-12)22(24,25)26/h2-10H,11H2,1H3,(H,27,32)(H2,29,30,33,34). The first-order chi connectivity index (χ1) is 16.0. The molecule has 2 heterocycles. The number of urea groups is 1. The topological polar surface area (TPSA) is 105 Å². The van der Waals surface area contributed by atoms with Crippen LogP contribution in [0.1, 0.15) is 21.6 Å². The lowest BCUT2D eigenvalue weighted by Gasteiger charge is -2.26. The molecule has 3 aromatic rings. The van der Waals surface area contributed by atoms with Gasteiger partial charge in [0.2, 0.25) is 0 Å². The Morgan fingerprint density at radius 1 is 1.12 bits per heavy atom. The van der Waals surface area contributed by atoms with Gasteiger partial charge in [-0.05, 0) is 35.4 Å². The summed E-state index contributed by atoms with van der Waals surface area (Å²) in [5.74, 6) is -2.58. The summed E-state index contributed by atoms with van der Waals surface area (Å²) in [4.78, 5) is 37.5. The molecule has 0 radical (unpaired) electrons. The quantitative estimate of drug-likeness (QED) is 0.390. The van der Waals surface area contributed by atoms with Crippen LogP contribution in [0.25, 0.3) is 11.1 Å². The van der Waals surface area contributed by atoms with Crippen molar-refractivity contribution in [1.29, 1.82) is 0 Å². The predicted molar refractivity (Wildman–Crippen MR) is 111 cm³/mol. The molecule has 34 heavy (non-hydrogen) atoms. The maximum absolute atomic E-state index is 14.7. The number of hydrogen-bond acceptors (Lipinski definition) is 4. The van der Waals surface area contributed by atoms with E-state index in [2.05, 4.69) is 21.0 Å². The first kappa shape index (κ1) is 23.0. The van der Waals surface area contributed by atoms with Crippen LogP contribution in [0, 0.1) is 5.82 Å². The van der Waals surface area contributed by atoms with Gasteiger partial charge in [0.05, 0.1) is 23.4 Å². The molecule has 2 aromatic carbocycles. The zero-order chi connectivity index (χ0) is 24.7. The molecule has 1 aliphatic rings. The van der Waals surface area contributed by atoms with Crippen LogP contribution in [0.2, 0.25) is 0 Å². The van der Waals surface area contributed by atoms with Crippen LogP contribution in [0.15, 0.2) is 54.7 Å². The number of alkyl halides is 3. The van der Waals surface area contributed by atoms with E-state index in [0.29, 0.717) is 0 Å². The van der Waals surface area contributed by atoms with E-state index in [0.717, 1.165) is 30.3 Å². The minimum atomic E-state index is -4.55. The average Bonchev–Trinajstić information content (AvgIpc) is 3.33. The van der Waals surface area contributed by atoms with Gasteiger partial charge in [-0.25, -0.2) is 9.18 Å². The fourth-order valence-electron chi connectivity index (χ4n) is 3.81. The van der Waals surface area contributed by atoms with Crippen molar-refractivity contribution < 1.29 is 31.9 Å². The third-order valence-corrected chi connectivity index (χ3v) is 5.48. The molecule has 0 aliphatic carbocycles. The number of hydrogen-bond donors (Lipinski definition) is 3. The average molecular weight is 475 g/mol. The van der Waals surface area contributed by atoms with Gasteiger partial charge < -0.3 is 10.6 Å². The molecule has 4 rings (SSSR count). The number of amides is 4. The van der Waals surface area contributed by atoms with Gasteiger partial charge in [0.15, 0.2) is 5.54 Å². The third kappa shape index (κ3) is 3.98. The highest BCUT2D eigenvalue weighted by molar-refractivity contribution is 6.08. The molecule has 176 valence electrons. The van der Waals surface area contributed by atoms with Crippen LogP contribution < -0.4 is 16.0 Å². The van der Waals surface area contributed by atoms with Crippen LogP contribution in [0.5, 0.6) is 0 Å². The van der Waals surface area contributed by atoms with Gasteiger partial charge in [-0.3, -0.25) is 19.6 Å². The van der Waals surface area contributed by atoms with Gasteiger partial charge in [-0.1, -0.05) is 24.3 Å². The molecule has 1 unspecified atom stereocenters. The predicted octanol–water partition coefficient (Wildman–Crippen LogP) is 2.71. The Morgan fingerprint density at radius 2 is 1.82 bits per heavy atom. The van der Waals surface area contributed by atoms with Gasteiger partial charge in [-0.2, -0.15) is 18.3 Å². The fourth-order valence-corrected chi connectivity index (χ4v) is 3.81. The van der Waals surface area contributed by atoms with Crippen molar-refractivity contribution in [3.63, 3.8) is 0 Å². The van der Waals surface area contributed by atoms with Gasteiger partial charge in [0.1, 0.15) is 5.82 Å². The number of aromatic nitrogens is 2. The maximum atomic E-state index is 14.7. The fraction of sp³-hybridized carbons (Fsp3) is 0.182. The second-order valence-corrected chi connectivity index (χ2v) is 7.57. The van der Waals surface area contributed by atoms with Gasteiger partial charge in [0.25, 0.3) is 11.8 Å². The van der Waals surface area contributed by atoms with Crippen LogP contribution in [-0.2, 0) is 23.6 Å². The SMILES string of the molecule is Cn1nccc1C1(CNC(=O)c2c(F)cccc2-c2ccc(C(F)(F)F)cc2)NC(=O)NC1=O. The van der Waals surface area contributed by atoms with E-state index in [1.807, 2.05) is 0 Å². The number of nitrogens with zero attached hydrogens (tertiary/aromatic N) is 2. The van der Waals surface area contributed by atoms with E-state index < -0.39 is 53.0 Å². The molecule has 0 spiro atoms. The molecular formula is C22H17F4N5O3. The molecule has 1 atom stereocenters. The van der Waals surface area contributed by atoms with E-state index >= 15 is 0 Å². The zero-order valence-electron chi connectivity index (χ0n) is 17.5. The molecule has 1 fully saturated rings. The second kappa shape index (κ2) is 8.28. The molecule has 8 nitrogen and oxygen atoms in total. The molecule has 1 aromatic heterocycles. The van der Waals surface area contributed by atoms with Crippen molar-refractivity contribution in [2.24, 2.45) is 7.05 Å². The lowest BCUT2D eigenvalue weighted by Crippen LogP contribution is -2.53. The molecule has 3 N–H and O–H groups in total. The summed E-state index contributed by atoms with van der Waals surface area (Å²) < 4.78 is 54.7. The number of carbonyl (C=O) groups is 3. The van der Waals surface area contributed by atoms with Crippen LogP contribution >= 0.6 is 0 Å². The summed E-state index contributed by atoms with van der Waals surface area (Å²) >= 11 is 0. The smallest absolute Gasteiger partial charge is 0.349 e. The van der Waals surface area contributed by atoms with Gasteiger partial charge in [-0.15, -0.1) is 0 Å². The third-order valence-electron chi connectivity index (χ3n) is 5.48. The number of nitrogens with one attached hydrogen (secondary N) is 3. The van der Waals surface area contributed by atoms with Crippen molar-refractivity contribution in [2.75, 3.05) is 6.54 Å². The Morgan fingerprint density at radius 3 is 2.38 bits per heavy atom. The van der Waals surface area contributed by atoms with Crippen LogP contribution in [-0.4, -0.2) is 34.2 Å². The summed E-state index contributed by atoms with van der Waals surface area (Å²) in [6.45, 7) is -0.441. The summed E-state index contributed by atoms with van der Waals surface area (Å²) in [7, 11) is 1.54.